The van der Waals surface area contributed by atoms with E-state index in [1.54, 1.807) is 12.1 Å². The van der Waals surface area contributed by atoms with Gasteiger partial charge in [0.1, 0.15) is 5.75 Å². The van der Waals surface area contributed by atoms with Gasteiger partial charge in [0, 0.05) is 17.8 Å². The van der Waals surface area contributed by atoms with Crippen LogP contribution < -0.4 is 15.8 Å². The molecule has 0 spiro atoms. The normalized spacial score (nSPS) is 13.6. The van der Waals surface area contributed by atoms with Crippen molar-refractivity contribution in [1.82, 2.24) is 5.32 Å². The number of amides is 1. The van der Waals surface area contributed by atoms with Gasteiger partial charge in [0.05, 0.1) is 13.0 Å². The lowest BCUT2D eigenvalue weighted by atomic mass is 10.0. The van der Waals surface area contributed by atoms with Crippen LogP contribution in [0.4, 0.5) is 5.69 Å². The predicted octanol–water partition coefficient (Wildman–Crippen LogP) is 2.98. The molecule has 0 aliphatic rings. The maximum absolute atomic E-state index is 11.8. The molecule has 112 valence electrons. The molecule has 1 aromatic rings. The summed E-state index contributed by atoms with van der Waals surface area (Å²) < 4.78 is 5.50. The van der Waals surface area contributed by atoms with Crippen LogP contribution in [0.1, 0.15) is 40.0 Å². The molecule has 0 aliphatic heterocycles. The molecule has 1 amide bonds. The summed E-state index contributed by atoms with van der Waals surface area (Å²) in [5.74, 6) is 1.36. The number of nitrogens with two attached hydrogens (primary N) is 1. The summed E-state index contributed by atoms with van der Waals surface area (Å²) >= 11 is 0. The highest BCUT2D eigenvalue weighted by Gasteiger charge is 2.10. The smallest absolute Gasteiger partial charge is 0.223 e. The number of nitrogen functional groups attached to an aromatic ring is 1. The SMILES string of the molecule is CCC(C)CC(C)NC(=O)CCOc1cccc(N)c1. The zero-order valence-corrected chi connectivity index (χ0v) is 12.7. The molecular formula is C16H26N2O2. The van der Waals surface area contributed by atoms with Crippen LogP contribution >= 0.6 is 0 Å². The number of carbonyl (C=O) groups is 1. The third-order valence-corrected chi connectivity index (χ3v) is 3.32. The number of carbonyl (C=O) groups excluding carboxylic acids is 1. The first kappa shape index (κ1) is 16.3. The van der Waals surface area contributed by atoms with E-state index in [4.69, 9.17) is 10.5 Å². The fourth-order valence-corrected chi connectivity index (χ4v) is 2.04. The fourth-order valence-electron chi connectivity index (χ4n) is 2.04. The van der Waals surface area contributed by atoms with Crippen LogP contribution in [-0.4, -0.2) is 18.6 Å². The highest BCUT2D eigenvalue weighted by atomic mass is 16.5. The number of anilines is 1. The van der Waals surface area contributed by atoms with Gasteiger partial charge in [-0.2, -0.15) is 0 Å². The van der Waals surface area contributed by atoms with Crippen molar-refractivity contribution in [3.63, 3.8) is 0 Å². The molecule has 0 saturated heterocycles. The fraction of sp³-hybridized carbons (Fsp3) is 0.562. The summed E-state index contributed by atoms with van der Waals surface area (Å²) in [7, 11) is 0. The summed E-state index contributed by atoms with van der Waals surface area (Å²) in [4.78, 5) is 11.8. The first-order valence-electron chi connectivity index (χ1n) is 7.29. The van der Waals surface area contributed by atoms with Crippen molar-refractivity contribution in [2.75, 3.05) is 12.3 Å². The van der Waals surface area contributed by atoms with Gasteiger partial charge >= 0.3 is 0 Å². The molecule has 0 aromatic heterocycles. The van der Waals surface area contributed by atoms with Crippen molar-refractivity contribution in [3.05, 3.63) is 24.3 Å². The second-order valence-electron chi connectivity index (χ2n) is 5.39. The van der Waals surface area contributed by atoms with Gasteiger partial charge in [-0.3, -0.25) is 4.79 Å². The first-order chi connectivity index (χ1) is 9.51. The molecule has 4 heteroatoms. The molecule has 20 heavy (non-hydrogen) atoms. The standard InChI is InChI=1S/C16H26N2O2/c1-4-12(2)10-13(3)18-16(19)8-9-20-15-7-5-6-14(17)11-15/h5-7,11-13H,4,8-10,17H2,1-3H3,(H,18,19). The van der Waals surface area contributed by atoms with E-state index in [9.17, 15) is 4.79 Å². The maximum Gasteiger partial charge on any atom is 0.223 e. The summed E-state index contributed by atoms with van der Waals surface area (Å²) in [6, 6.07) is 7.43. The van der Waals surface area contributed by atoms with E-state index in [2.05, 4.69) is 19.2 Å². The predicted molar refractivity (Wildman–Crippen MR) is 82.6 cm³/mol. The van der Waals surface area contributed by atoms with Crippen LogP contribution in [0.3, 0.4) is 0 Å². The minimum Gasteiger partial charge on any atom is -0.493 e. The molecule has 0 fully saturated rings. The Morgan fingerprint density at radius 1 is 1.40 bits per heavy atom. The molecule has 2 unspecified atom stereocenters. The summed E-state index contributed by atoms with van der Waals surface area (Å²) in [6.45, 7) is 6.78. The highest BCUT2D eigenvalue weighted by molar-refractivity contribution is 5.76. The van der Waals surface area contributed by atoms with Crippen LogP contribution in [0.25, 0.3) is 0 Å². The van der Waals surface area contributed by atoms with E-state index in [1.165, 1.54) is 0 Å². The zero-order chi connectivity index (χ0) is 15.0. The van der Waals surface area contributed by atoms with Gasteiger partial charge in [-0.1, -0.05) is 26.3 Å². The molecule has 1 rings (SSSR count). The lowest BCUT2D eigenvalue weighted by molar-refractivity contribution is -0.122. The number of nitrogens with one attached hydrogen (secondary N) is 1. The molecule has 2 atom stereocenters. The molecule has 4 nitrogen and oxygen atoms in total. The van der Waals surface area contributed by atoms with E-state index >= 15 is 0 Å². The van der Waals surface area contributed by atoms with Crippen molar-refractivity contribution in [2.24, 2.45) is 5.92 Å². The van der Waals surface area contributed by atoms with E-state index in [0.29, 0.717) is 30.4 Å². The molecular weight excluding hydrogens is 252 g/mol. The lowest BCUT2D eigenvalue weighted by Crippen LogP contribution is -2.34. The van der Waals surface area contributed by atoms with E-state index < -0.39 is 0 Å². The van der Waals surface area contributed by atoms with Crippen LogP contribution in [0.5, 0.6) is 5.75 Å². The Bertz CT molecular complexity index is 421. The van der Waals surface area contributed by atoms with Crippen molar-refractivity contribution in [2.45, 2.75) is 46.1 Å². The van der Waals surface area contributed by atoms with Crippen LogP contribution in [0.15, 0.2) is 24.3 Å². The summed E-state index contributed by atoms with van der Waals surface area (Å²) in [5, 5.41) is 3.00. The number of rotatable bonds is 8. The van der Waals surface area contributed by atoms with Gasteiger partial charge in [-0.25, -0.2) is 0 Å². The minimum absolute atomic E-state index is 0.0321. The van der Waals surface area contributed by atoms with Crippen molar-refractivity contribution >= 4 is 11.6 Å². The largest absolute Gasteiger partial charge is 0.493 e. The molecule has 1 aromatic carbocycles. The molecule has 3 N–H and O–H groups in total. The molecule has 0 radical (unpaired) electrons. The Balaban J connectivity index is 2.23. The van der Waals surface area contributed by atoms with Crippen molar-refractivity contribution < 1.29 is 9.53 Å². The Morgan fingerprint density at radius 2 is 2.15 bits per heavy atom. The Hall–Kier alpha value is -1.71. The van der Waals surface area contributed by atoms with Crippen molar-refractivity contribution in [3.8, 4) is 5.75 Å². The molecule has 0 bridgehead atoms. The second kappa shape index (κ2) is 8.46. The highest BCUT2D eigenvalue weighted by Crippen LogP contribution is 2.14. The van der Waals surface area contributed by atoms with Gasteiger partial charge < -0.3 is 15.8 Å². The summed E-state index contributed by atoms with van der Waals surface area (Å²) in [5.41, 5.74) is 6.32. The zero-order valence-electron chi connectivity index (χ0n) is 12.7. The number of benzene rings is 1. The number of hydrogen-bond donors (Lipinski definition) is 2. The molecule has 0 saturated carbocycles. The van der Waals surface area contributed by atoms with Crippen LogP contribution in [-0.2, 0) is 4.79 Å². The number of ether oxygens (including phenoxy) is 1. The second-order valence-corrected chi connectivity index (χ2v) is 5.39. The topological polar surface area (TPSA) is 64.3 Å². The minimum atomic E-state index is 0.0321. The monoisotopic (exact) mass is 278 g/mol. The summed E-state index contributed by atoms with van der Waals surface area (Å²) in [6.07, 6.45) is 2.51. The van der Waals surface area contributed by atoms with Gasteiger partial charge in [-0.05, 0) is 31.4 Å². The third kappa shape index (κ3) is 6.45. The van der Waals surface area contributed by atoms with Gasteiger partial charge in [0.2, 0.25) is 5.91 Å². The van der Waals surface area contributed by atoms with Gasteiger partial charge in [0.25, 0.3) is 0 Å². The average molecular weight is 278 g/mol. The quantitative estimate of drug-likeness (QED) is 0.718. The van der Waals surface area contributed by atoms with E-state index in [-0.39, 0.29) is 11.9 Å². The number of hydrogen-bond acceptors (Lipinski definition) is 3. The van der Waals surface area contributed by atoms with Gasteiger partial charge in [-0.15, -0.1) is 0 Å². The molecule has 0 aliphatic carbocycles. The Kier molecular flexibility index (Phi) is 6.91. The van der Waals surface area contributed by atoms with Crippen LogP contribution in [0, 0.1) is 5.92 Å². The first-order valence-corrected chi connectivity index (χ1v) is 7.29. The third-order valence-electron chi connectivity index (χ3n) is 3.32. The average Bonchev–Trinajstić information content (AvgIpc) is 2.38. The van der Waals surface area contributed by atoms with Crippen LogP contribution in [0.2, 0.25) is 0 Å². The maximum atomic E-state index is 11.8. The lowest BCUT2D eigenvalue weighted by Gasteiger charge is -2.17. The Labute approximate surface area is 121 Å². The van der Waals surface area contributed by atoms with Gasteiger partial charge in [0.15, 0.2) is 0 Å². The van der Waals surface area contributed by atoms with Crippen molar-refractivity contribution in [1.29, 1.82) is 0 Å². The van der Waals surface area contributed by atoms with E-state index in [0.717, 1.165) is 12.8 Å². The molecule has 0 heterocycles. The Morgan fingerprint density at radius 3 is 2.80 bits per heavy atom. The van der Waals surface area contributed by atoms with E-state index in [1.807, 2.05) is 19.1 Å².